The van der Waals surface area contributed by atoms with E-state index in [4.69, 9.17) is 10.5 Å². The van der Waals surface area contributed by atoms with Gasteiger partial charge in [0, 0.05) is 25.4 Å². The molecule has 4 heteroatoms. The number of pyridine rings is 1. The minimum Gasteiger partial charge on any atom is -0.488 e. The average molecular weight is 196 g/mol. The van der Waals surface area contributed by atoms with E-state index in [-0.39, 0.29) is 5.43 Å². The molecular formula is C10H16N2O2. The molecule has 1 aromatic rings. The first-order chi connectivity index (χ1) is 6.69. The van der Waals surface area contributed by atoms with E-state index in [1.54, 1.807) is 6.20 Å². The largest absolute Gasteiger partial charge is 0.488 e. The molecule has 0 fully saturated rings. The summed E-state index contributed by atoms with van der Waals surface area (Å²) in [5, 5.41) is 0. The SMILES string of the molecule is CCCOc1cn(C)c(CN)cc1=O. The van der Waals surface area contributed by atoms with Crippen molar-refractivity contribution >= 4 is 0 Å². The van der Waals surface area contributed by atoms with Crippen molar-refractivity contribution in [3.63, 3.8) is 0 Å². The highest BCUT2D eigenvalue weighted by atomic mass is 16.5. The quantitative estimate of drug-likeness (QED) is 0.768. The maximum Gasteiger partial charge on any atom is 0.223 e. The second kappa shape index (κ2) is 4.81. The van der Waals surface area contributed by atoms with Crippen LogP contribution < -0.4 is 15.9 Å². The zero-order chi connectivity index (χ0) is 10.6. The molecule has 2 N–H and O–H groups in total. The lowest BCUT2D eigenvalue weighted by Gasteiger charge is -2.09. The predicted molar refractivity (Wildman–Crippen MR) is 55.4 cm³/mol. The second-order valence-corrected chi connectivity index (χ2v) is 3.16. The molecule has 1 aromatic heterocycles. The van der Waals surface area contributed by atoms with Gasteiger partial charge in [0.25, 0.3) is 0 Å². The van der Waals surface area contributed by atoms with E-state index in [0.29, 0.717) is 18.9 Å². The summed E-state index contributed by atoms with van der Waals surface area (Å²) in [5.41, 5.74) is 6.17. The van der Waals surface area contributed by atoms with Crippen molar-refractivity contribution in [1.82, 2.24) is 4.57 Å². The van der Waals surface area contributed by atoms with Crippen molar-refractivity contribution in [2.24, 2.45) is 12.8 Å². The molecule has 0 aliphatic carbocycles. The van der Waals surface area contributed by atoms with Gasteiger partial charge in [0.15, 0.2) is 5.75 Å². The topological polar surface area (TPSA) is 57.2 Å². The number of aryl methyl sites for hydroxylation is 1. The summed E-state index contributed by atoms with van der Waals surface area (Å²) in [6.45, 7) is 2.93. The monoisotopic (exact) mass is 196 g/mol. The van der Waals surface area contributed by atoms with E-state index in [1.807, 2.05) is 18.5 Å². The van der Waals surface area contributed by atoms with Crippen molar-refractivity contribution in [2.45, 2.75) is 19.9 Å². The fraction of sp³-hybridized carbons (Fsp3) is 0.500. The number of aromatic nitrogens is 1. The van der Waals surface area contributed by atoms with Crippen molar-refractivity contribution in [2.75, 3.05) is 6.61 Å². The molecule has 0 unspecified atom stereocenters. The summed E-state index contributed by atoms with van der Waals surface area (Å²) < 4.78 is 7.10. The van der Waals surface area contributed by atoms with E-state index in [2.05, 4.69) is 0 Å². The summed E-state index contributed by atoms with van der Waals surface area (Å²) in [7, 11) is 1.85. The van der Waals surface area contributed by atoms with Gasteiger partial charge in [-0.25, -0.2) is 0 Å². The standard InChI is InChI=1S/C10H16N2O2/c1-3-4-14-10-7-12(2)8(6-11)5-9(10)13/h5,7H,3-4,6,11H2,1-2H3. The Labute approximate surface area is 83.3 Å². The van der Waals surface area contributed by atoms with Gasteiger partial charge in [0.05, 0.1) is 12.8 Å². The highest BCUT2D eigenvalue weighted by molar-refractivity contribution is 5.21. The van der Waals surface area contributed by atoms with Gasteiger partial charge in [0.1, 0.15) is 0 Å². The predicted octanol–water partition coefficient (Wildman–Crippen LogP) is 0.633. The molecule has 0 atom stereocenters. The van der Waals surface area contributed by atoms with Gasteiger partial charge >= 0.3 is 0 Å². The van der Waals surface area contributed by atoms with Gasteiger partial charge in [-0.15, -0.1) is 0 Å². The van der Waals surface area contributed by atoms with Gasteiger partial charge in [-0.2, -0.15) is 0 Å². The first-order valence-electron chi connectivity index (χ1n) is 4.71. The first kappa shape index (κ1) is 10.8. The number of nitrogens with zero attached hydrogens (tertiary/aromatic N) is 1. The zero-order valence-electron chi connectivity index (χ0n) is 8.62. The van der Waals surface area contributed by atoms with E-state index in [1.165, 1.54) is 6.07 Å². The van der Waals surface area contributed by atoms with Crippen LogP contribution in [-0.4, -0.2) is 11.2 Å². The number of nitrogens with two attached hydrogens (primary N) is 1. The van der Waals surface area contributed by atoms with Crippen molar-refractivity contribution in [1.29, 1.82) is 0 Å². The van der Waals surface area contributed by atoms with Gasteiger partial charge in [-0.3, -0.25) is 4.79 Å². The normalized spacial score (nSPS) is 10.2. The van der Waals surface area contributed by atoms with Gasteiger partial charge in [-0.1, -0.05) is 6.92 Å². The minimum absolute atomic E-state index is 0.1000. The number of ether oxygens (including phenoxy) is 1. The molecule has 0 radical (unpaired) electrons. The lowest BCUT2D eigenvalue weighted by Crippen LogP contribution is -2.16. The maximum atomic E-state index is 11.5. The Kier molecular flexibility index (Phi) is 3.71. The Hall–Kier alpha value is -1.29. The van der Waals surface area contributed by atoms with Crippen molar-refractivity contribution in [3.8, 4) is 5.75 Å². The summed E-state index contributed by atoms with van der Waals surface area (Å²) in [4.78, 5) is 11.5. The Morgan fingerprint density at radius 1 is 1.57 bits per heavy atom. The number of rotatable bonds is 4. The van der Waals surface area contributed by atoms with Crippen LogP contribution in [-0.2, 0) is 13.6 Å². The lowest BCUT2D eigenvalue weighted by atomic mass is 10.3. The third kappa shape index (κ3) is 2.35. The third-order valence-corrected chi connectivity index (χ3v) is 1.98. The first-order valence-corrected chi connectivity index (χ1v) is 4.71. The smallest absolute Gasteiger partial charge is 0.223 e. The minimum atomic E-state index is -0.1000. The molecule has 1 heterocycles. The molecule has 0 aliphatic heterocycles. The van der Waals surface area contributed by atoms with E-state index < -0.39 is 0 Å². The Bertz CT molecular complexity index is 358. The summed E-state index contributed by atoms with van der Waals surface area (Å²) in [6, 6.07) is 1.52. The molecule has 0 amide bonds. The van der Waals surface area contributed by atoms with Gasteiger partial charge in [-0.05, 0) is 6.42 Å². The molecule has 0 saturated carbocycles. The van der Waals surface area contributed by atoms with Crippen LogP contribution in [0, 0.1) is 0 Å². The maximum absolute atomic E-state index is 11.5. The number of hydrogen-bond acceptors (Lipinski definition) is 3. The number of hydrogen-bond donors (Lipinski definition) is 1. The fourth-order valence-electron chi connectivity index (χ4n) is 1.17. The van der Waals surface area contributed by atoms with Crippen LogP contribution in [0.4, 0.5) is 0 Å². The van der Waals surface area contributed by atoms with E-state index in [9.17, 15) is 4.79 Å². The molecule has 0 aliphatic rings. The van der Waals surface area contributed by atoms with Crippen LogP contribution in [0.1, 0.15) is 19.0 Å². The van der Waals surface area contributed by atoms with Crippen LogP contribution in [0.15, 0.2) is 17.1 Å². The Morgan fingerprint density at radius 2 is 2.29 bits per heavy atom. The van der Waals surface area contributed by atoms with Gasteiger partial charge < -0.3 is 15.0 Å². The summed E-state index contributed by atoms with van der Waals surface area (Å²) >= 11 is 0. The molecular weight excluding hydrogens is 180 g/mol. The van der Waals surface area contributed by atoms with E-state index in [0.717, 1.165) is 12.1 Å². The molecule has 0 saturated heterocycles. The lowest BCUT2D eigenvalue weighted by molar-refractivity contribution is 0.311. The van der Waals surface area contributed by atoms with Crippen LogP contribution >= 0.6 is 0 Å². The summed E-state index contributed by atoms with van der Waals surface area (Å²) in [5.74, 6) is 0.395. The summed E-state index contributed by atoms with van der Waals surface area (Å²) in [6.07, 6.45) is 2.57. The molecule has 4 nitrogen and oxygen atoms in total. The molecule has 0 aromatic carbocycles. The van der Waals surface area contributed by atoms with E-state index >= 15 is 0 Å². The third-order valence-electron chi connectivity index (χ3n) is 1.98. The molecule has 78 valence electrons. The van der Waals surface area contributed by atoms with Crippen LogP contribution in [0.5, 0.6) is 5.75 Å². The fourth-order valence-corrected chi connectivity index (χ4v) is 1.17. The van der Waals surface area contributed by atoms with Gasteiger partial charge in [0.2, 0.25) is 5.43 Å². The van der Waals surface area contributed by atoms with Crippen LogP contribution in [0.3, 0.4) is 0 Å². The highest BCUT2D eigenvalue weighted by Gasteiger charge is 2.03. The van der Waals surface area contributed by atoms with Crippen molar-refractivity contribution < 1.29 is 4.74 Å². The Balaban J connectivity index is 2.97. The second-order valence-electron chi connectivity index (χ2n) is 3.16. The average Bonchev–Trinajstić information content (AvgIpc) is 2.18. The van der Waals surface area contributed by atoms with Crippen LogP contribution in [0.2, 0.25) is 0 Å². The highest BCUT2D eigenvalue weighted by Crippen LogP contribution is 2.05. The Morgan fingerprint density at radius 3 is 2.86 bits per heavy atom. The molecule has 0 spiro atoms. The van der Waals surface area contributed by atoms with Crippen LogP contribution in [0.25, 0.3) is 0 Å². The molecule has 1 rings (SSSR count). The molecule has 0 bridgehead atoms. The van der Waals surface area contributed by atoms with Crippen molar-refractivity contribution in [3.05, 3.63) is 28.2 Å². The molecule has 14 heavy (non-hydrogen) atoms. The zero-order valence-corrected chi connectivity index (χ0v) is 8.62.